The van der Waals surface area contributed by atoms with E-state index >= 15 is 0 Å². The number of para-hydroxylation sites is 3. The molecule has 6 rings (SSSR count). The van der Waals surface area contributed by atoms with E-state index in [4.69, 9.17) is 10.1 Å². The second-order valence-corrected chi connectivity index (χ2v) is 7.42. The smallest absolute Gasteiger partial charge is 0.162 e. The Morgan fingerprint density at radius 3 is 2.16 bits per heavy atom. The fourth-order valence-electron chi connectivity index (χ4n) is 3.95. The molecule has 3 heterocycles. The van der Waals surface area contributed by atoms with Crippen LogP contribution in [0.4, 0.5) is 0 Å². The van der Waals surface area contributed by atoms with Crippen molar-refractivity contribution in [2.24, 2.45) is 7.05 Å². The molecule has 3 aromatic carbocycles. The Bertz CT molecular complexity index is 1530. The summed E-state index contributed by atoms with van der Waals surface area (Å²) in [5.74, 6) is 0.769. The minimum Gasteiger partial charge on any atom is -0.326 e. The minimum atomic E-state index is 0.718. The summed E-state index contributed by atoms with van der Waals surface area (Å²) >= 11 is 0. The summed E-state index contributed by atoms with van der Waals surface area (Å²) in [5.41, 5.74) is 6.21. The summed E-state index contributed by atoms with van der Waals surface area (Å²) in [7, 11) is 2.00. The van der Waals surface area contributed by atoms with Crippen LogP contribution in [0.2, 0.25) is 0 Å². The third-order valence-electron chi connectivity index (χ3n) is 5.51. The molecule has 0 aliphatic carbocycles. The Kier molecular flexibility index (Phi) is 3.89. The van der Waals surface area contributed by atoms with E-state index in [0.717, 1.165) is 50.4 Å². The van der Waals surface area contributed by atoms with Crippen molar-refractivity contribution in [2.45, 2.75) is 0 Å². The van der Waals surface area contributed by atoms with Crippen molar-refractivity contribution >= 4 is 21.9 Å². The molecule has 0 amide bonds. The highest BCUT2D eigenvalue weighted by Crippen LogP contribution is 2.32. The molecule has 3 aromatic heterocycles. The molecule has 31 heavy (non-hydrogen) atoms. The lowest BCUT2D eigenvalue weighted by Gasteiger charge is -2.05. The van der Waals surface area contributed by atoms with Crippen LogP contribution in [0, 0.1) is 0 Å². The molecule has 0 unspecified atom stereocenters. The van der Waals surface area contributed by atoms with Crippen molar-refractivity contribution in [1.82, 2.24) is 29.5 Å². The van der Waals surface area contributed by atoms with Gasteiger partial charge < -0.3 is 4.57 Å². The van der Waals surface area contributed by atoms with Crippen LogP contribution < -0.4 is 0 Å². The maximum Gasteiger partial charge on any atom is 0.162 e. The van der Waals surface area contributed by atoms with E-state index in [-0.39, 0.29) is 0 Å². The van der Waals surface area contributed by atoms with Crippen LogP contribution in [0.3, 0.4) is 0 Å². The van der Waals surface area contributed by atoms with Crippen LogP contribution in [0.25, 0.3) is 50.4 Å². The fourth-order valence-corrected chi connectivity index (χ4v) is 3.95. The van der Waals surface area contributed by atoms with Gasteiger partial charge in [0.1, 0.15) is 16.9 Å². The highest BCUT2D eigenvalue weighted by Gasteiger charge is 2.20. The first-order valence-electron chi connectivity index (χ1n) is 10.1. The first kappa shape index (κ1) is 17.5. The molecule has 0 aliphatic heterocycles. The van der Waals surface area contributed by atoms with Crippen LogP contribution in [0.5, 0.6) is 0 Å². The molecule has 0 saturated heterocycles. The van der Waals surface area contributed by atoms with Crippen LogP contribution in [-0.4, -0.2) is 29.5 Å². The van der Waals surface area contributed by atoms with Gasteiger partial charge in [-0.3, -0.25) is 0 Å². The summed E-state index contributed by atoms with van der Waals surface area (Å²) in [6.07, 6.45) is 2.01. The Balaban J connectivity index is 1.65. The molecule has 0 fully saturated rings. The van der Waals surface area contributed by atoms with Crippen molar-refractivity contribution in [2.75, 3.05) is 0 Å². The standard InChI is InChI=1S/C25H18N6/c1-30-21-15-9-8-14-20(21)26-25(30)24-19-16-31(18-12-6-3-7-13-18)29-23(19)22(27-28-24)17-10-4-2-5-11-17/h2-16H,1H3. The van der Waals surface area contributed by atoms with Gasteiger partial charge in [0, 0.05) is 18.8 Å². The third kappa shape index (κ3) is 2.80. The highest BCUT2D eigenvalue weighted by atomic mass is 15.3. The molecule has 0 saturated carbocycles. The molecule has 0 atom stereocenters. The van der Waals surface area contributed by atoms with E-state index in [1.54, 1.807) is 0 Å². The summed E-state index contributed by atoms with van der Waals surface area (Å²) in [6, 6.07) is 28.2. The molecule has 0 aliphatic rings. The number of hydrogen-bond donors (Lipinski definition) is 0. The summed E-state index contributed by atoms with van der Waals surface area (Å²) in [6.45, 7) is 0. The Hall–Kier alpha value is -4.32. The fraction of sp³-hybridized carbons (Fsp3) is 0.0400. The van der Waals surface area contributed by atoms with Gasteiger partial charge in [-0.25, -0.2) is 9.67 Å². The average Bonchev–Trinajstić information content (AvgIpc) is 3.42. The van der Waals surface area contributed by atoms with E-state index in [2.05, 4.69) is 20.8 Å². The molecule has 6 heteroatoms. The summed E-state index contributed by atoms with van der Waals surface area (Å²) in [4.78, 5) is 4.84. The van der Waals surface area contributed by atoms with Crippen LogP contribution in [-0.2, 0) is 7.05 Å². The molecule has 148 valence electrons. The van der Waals surface area contributed by atoms with Gasteiger partial charge >= 0.3 is 0 Å². The largest absolute Gasteiger partial charge is 0.326 e. The Labute approximate surface area is 178 Å². The van der Waals surface area contributed by atoms with Gasteiger partial charge in [-0.05, 0) is 24.3 Å². The zero-order valence-electron chi connectivity index (χ0n) is 16.8. The monoisotopic (exact) mass is 402 g/mol. The van der Waals surface area contributed by atoms with E-state index in [1.807, 2.05) is 96.8 Å². The van der Waals surface area contributed by atoms with E-state index in [0.29, 0.717) is 0 Å². The second-order valence-electron chi connectivity index (χ2n) is 7.42. The molecule has 0 spiro atoms. The minimum absolute atomic E-state index is 0.718. The van der Waals surface area contributed by atoms with Gasteiger partial charge in [0.25, 0.3) is 0 Å². The number of aryl methyl sites for hydroxylation is 1. The maximum absolute atomic E-state index is 4.91. The lowest BCUT2D eigenvalue weighted by Crippen LogP contribution is -1.99. The van der Waals surface area contributed by atoms with Crippen molar-refractivity contribution in [3.05, 3.63) is 91.1 Å². The predicted molar refractivity (Wildman–Crippen MR) is 122 cm³/mol. The zero-order chi connectivity index (χ0) is 20.8. The number of aromatic nitrogens is 6. The lowest BCUT2D eigenvalue weighted by molar-refractivity contribution is 0.895. The molecule has 6 nitrogen and oxygen atoms in total. The van der Waals surface area contributed by atoms with Gasteiger partial charge in [-0.2, -0.15) is 5.10 Å². The Morgan fingerprint density at radius 1 is 0.710 bits per heavy atom. The number of nitrogens with zero attached hydrogens (tertiary/aromatic N) is 6. The number of imidazole rings is 1. The van der Waals surface area contributed by atoms with Crippen molar-refractivity contribution in [1.29, 1.82) is 0 Å². The SMILES string of the molecule is Cn1c(-c2nnc(-c3ccccc3)c3nn(-c4ccccc4)cc23)nc2ccccc21. The molecular weight excluding hydrogens is 384 g/mol. The topological polar surface area (TPSA) is 61.4 Å². The normalized spacial score (nSPS) is 11.4. The van der Waals surface area contributed by atoms with Crippen molar-refractivity contribution in [3.8, 4) is 28.5 Å². The third-order valence-corrected chi connectivity index (χ3v) is 5.51. The summed E-state index contributed by atoms with van der Waals surface area (Å²) in [5, 5.41) is 15.0. The van der Waals surface area contributed by atoms with E-state index < -0.39 is 0 Å². The van der Waals surface area contributed by atoms with Gasteiger partial charge in [-0.1, -0.05) is 60.7 Å². The first-order valence-corrected chi connectivity index (χ1v) is 10.1. The quantitative estimate of drug-likeness (QED) is 0.416. The first-order chi connectivity index (χ1) is 15.3. The molecule has 0 bridgehead atoms. The molecule has 0 N–H and O–H groups in total. The van der Waals surface area contributed by atoms with E-state index in [9.17, 15) is 0 Å². The summed E-state index contributed by atoms with van der Waals surface area (Å²) < 4.78 is 3.94. The van der Waals surface area contributed by atoms with Crippen LogP contribution in [0.15, 0.2) is 91.1 Å². The van der Waals surface area contributed by atoms with Gasteiger partial charge in [0.15, 0.2) is 5.82 Å². The molecular formula is C25H18N6. The van der Waals surface area contributed by atoms with Gasteiger partial charge in [0.05, 0.1) is 22.1 Å². The van der Waals surface area contributed by atoms with Crippen LogP contribution >= 0.6 is 0 Å². The van der Waals surface area contributed by atoms with Crippen molar-refractivity contribution in [3.63, 3.8) is 0 Å². The van der Waals surface area contributed by atoms with E-state index in [1.165, 1.54) is 0 Å². The average molecular weight is 402 g/mol. The number of hydrogen-bond acceptors (Lipinski definition) is 4. The number of rotatable bonds is 3. The maximum atomic E-state index is 4.91. The highest BCUT2D eigenvalue weighted by molar-refractivity contribution is 5.99. The number of benzene rings is 3. The lowest BCUT2D eigenvalue weighted by atomic mass is 10.1. The van der Waals surface area contributed by atoms with Gasteiger partial charge in [0.2, 0.25) is 0 Å². The molecule has 0 radical (unpaired) electrons. The Morgan fingerprint density at radius 2 is 1.39 bits per heavy atom. The number of fused-ring (bicyclic) bond motifs is 2. The zero-order valence-corrected chi connectivity index (χ0v) is 16.8. The predicted octanol–water partition coefficient (Wildman–Crippen LogP) is 5.04. The van der Waals surface area contributed by atoms with Crippen LogP contribution in [0.1, 0.15) is 0 Å². The second kappa shape index (κ2) is 6.88. The van der Waals surface area contributed by atoms with Gasteiger partial charge in [-0.15, -0.1) is 10.2 Å². The molecule has 6 aromatic rings. The van der Waals surface area contributed by atoms with Crippen molar-refractivity contribution < 1.29 is 0 Å².